The van der Waals surface area contributed by atoms with E-state index < -0.39 is 33.9 Å². The molecular formula is C14H17NO6S. The van der Waals surface area contributed by atoms with Gasteiger partial charge in [0.25, 0.3) is 5.91 Å². The average Bonchev–Trinajstić information content (AvgIpc) is 2.69. The van der Waals surface area contributed by atoms with Gasteiger partial charge >= 0.3 is 5.97 Å². The van der Waals surface area contributed by atoms with Crippen LogP contribution in [0.15, 0.2) is 24.3 Å². The summed E-state index contributed by atoms with van der Waals surface area (Å²) in [4.78, 5) is 23.5. The van der Waals surface area contributed by atoms with Crippen LogP contribution in [-0.4, -0.2) is 49.1 Å². The zero-order valence-electron chi connectivity index (χ0n) is 12.0. The van der Waals surface area contributed by atoms with E-state index in [1.54, 1.807) is 6.92 Å². The first-order valence-corrected chi connectivity index (χ1v) is 8.49. The van der Waals surface area contributed by atoms with Crippen molar-refractivity contribution in [2.24, 2.45) is 0 Å². The summed E-state index contributed by atoms with van der Waals surface area (Å²) < 4.78 is 27.7. The maximum absolute atomic E-state index is 11.8. The number of esters is 1. The molecule has 0 spiro atoms. The molecule has 1 aliphatic heterocycles. The van der Waals surface area contributed by atoms with Crippen LogP contribution in [0.1, 0.15) is 23.7 Å². The van der Waals surface area contributed by atoms with Crippen LogP contribution in [0.4, 0.5) is 0 Å². The zero-order valence-corrected chi connectivity index (χ0v) is 12.9. The number of ether oxygens (including phenoxy) is 1. The van der Waals surface area contributed by atoms with Crippen LogP contribution in [0.2, 0.25) is 0 Å². The SMILES string of the molecule is CC1(NC(=O)COC(=O)c2cccc(O)c2)CCS(=O)(=O)C1. The minimum Gasteiger partial charge on any atom is -0.508 e. The van der Waals surface area contributed by atoms with Crippen molar-refractivity contribution in [3.63, 3.8) is 0 Å². The molecule has 1 aliphatic rings. The number of sulfone groups is 1. The summed E-state index contributed by atoms with van der Waals surface area (Å²) in [6, 6.07) is 5.57. The van der Waals surface area contributed by atoms with Crippen molar-refractivity contribution >= 4 is 21.7 Å². The second-order valence-corrected chi connectivity index (χ2v) is 7.76. The Balaban J connectivity index is 1.87. The second kappa shape index (κ2) is 5.96. The van der Waals surface area contributed by atoms with Crippen molar-refractivity contribution in [3.05, 3.63) is 29.8 Å². The molecule has 1 heterocycles. The van der Waals surface area contributed by atoms with Crippen LogP contribution in [0, 0.1) is 0 Å². The van der Waals surface area contributed by atoms with E-state index >= 15 is 0 Å². The van der Waals surface area contributed by atoms with Gasteiger partial charge in [0, 0.05) is 0 Å². The van der Waals surface area contributed by atoms with Crippen LogP contribution >= 0.6 is 0 Å². The van der Waals surface area contributed by atoms with Crippen molar-refractivity contribution in [1.82, 2.24) is 5.32 Å². The largest absolute Gasteiger partial charge is 0.508 e. The molecule has 2 N–H and O–H groups in total. The maximum atomic E-state index is 11.8. The van der Waals surface area contributed by atoms with Gasteiger partial charge < -0.3 is 15.2 Å². The Hall–Kier alpha value is -2.09. The lowest BCUT2D eigenvalue weighted by Crippen LogP contribution is -2.48. The molecule has 2 rings (SSSR count). The van der Waals surface area contributed by atoms with Crippen molar-refractivity contribution in [2.75, 3.05) is 18.1 Å². The van der Waals surface area contributed by atoms with E-state index in [1.807, 2.05) is 0 Å². The molecule has 1 aromatic rings. The minimum absolute atomic E-state index is 0.0346. The number of carbonyl (C=O) groups is 2. The fourth-order valence-corrected chi connectivity index (χ4v) is 4.42. The molecule has 8 heteroatoms. The summed E-state index contributed by atoms with van der Waals surface area (Å²) in [5, 5.41) is 11.9. The molecule has 0 aliphatic carbocycles. The van der Waals surface area contributed by atoms with E-state index in [0.29, 0.717) is 6.42 Å². The molecule has 0 aromatic heterocycles. The van der Waals surface area contributed by atoms with Crippen molar-refractivity contribution in [1.29, 1.82) is 0 Å². The zero-order chi connectivity index (χ0) is 16.4. The first-order chi connectivity index (χ1) is 10.2. The lowest BCUT2D eigenvalue weighted by Gasteiger charge is -2.23. The number of rotatable bonds is 4. The normalized spacial score (nSPS) is 23.0. The molecule has 1 atom stereocenters. The number of hydrogen-bond donors (Lipinski definition) is 2. The Labute approximate surface area is 128 Å². The minimum atomic E-state index is -3.13. The van der Waals surface area contributed by atoms with E-state index in [0.717, 1.165) is 0 Å². The summed E-state index contributed by atoms with van der Waals surface area (Å²) in [6.07, 6.45) is 0.335. The highest BCUT2D eigenvalue weighted by atomic mass is 32.2. The van der Waals surface area contributed by atoms with E-state index in [4.69, 9.17) is 4.74 Å². The highest BCUT2D eigenvalue weighted by molar-refractivity contribution is 7.91. The first kappa shape index (κ1) is 16.3. The number of amides is 1. The van der Waals surface area contributed by atoms with E-state index in [9.17, 15) is 23.1 Å². The van der Waals surface area contributed by atoms with E-state index in [-0.39, 0.29) is 22.8 Å². The number of aromatic hydroxyl groups is 1. The second-order valence-electron chi connectivity index (χ2n) is 5.58. The van der Waals surface area contributed by atoms with Gasteiger partial charge in [-0.3, -0.25) is 4.79 Å². The Bertz CT molecular complexity index is 699. The van der Waals surface area contributed by atoms with Gasteiger partial charge in [0.1, 0.15) is 5.75 Å². The fourth-order valence-electron chi connectivity index (χ4n) is 2.33. The number of hydrogen-bond acceptors (Lipinski definition) is 6. The Morgan fingerprint density at radius 3 is 2.73 bits per heavy atom. The topological polar surface area (TPSA) is 110 Å². The number of phenolic OH excluding ortho intramolecular Hbond substituents is 1. The van der Waals surface area contributed by atoms with Crippen LogP contribution in [0.25, 0.3) is 0 Å². The highest BCUT2D eigenvalue weighted by Gasteiger charge is 2.39. The predicted octanol–water partition coefficient (Wildman–Crippen LogP) is 0.242. The summed E-state index contributed by atoms with van der Waals surface area (Å²) >= 11 is 0. The van der Waals surface area contributed by atoms with Gasteiger partial charge in [-0.15, -0.1) is 0 Å². The van der Waals surface area contributed by atoms with Gasteiger partial charge in [0.05, 0.1) is 22.6 Å². The molecular weight excluding hydrogens is 310 g/mol. The van der Waals surface area contributed by atoms with E-state index in [1.165, 1.54) is 24.3 Å². The predicted molar refractivity (Wildman–Crippen MR) is 78.2 cm³/mol. The molecule has 1 saturated heterocycles. The average molecular weight is 327 g/mol. The number of carbonyl (C=O) groups excluding carboxylic acids is 2. The van der Waals surface area contributed by atoms with Gasteiger partial charge in [-0.05, 0) is 31.5 Å². The van der Waals surface area contributed by atoms with E-state index in [2.05, 4.69) is 5.32 Å². The van der Waals surface area contributed by atoms with Gasteiger partial charge in [-0.1, -0.05) is 6.07 Å². The fraction of sp³-hybridized carbons (Fsp3) is 0.429. The molecule has 0 saturated carbocycles. The summed E-state index contributed by atoms with van der Waals surface area (Å²) in [5.74, 6) is -1.47. The number of benzene rings is 1. The van der Waals surface area contributed by atoms with Crippen LogP contribution in [0.3, 0.4) is 0 Å². The summed E-state index contributed by atoms with van der Waals surface area (Å²) in [5.41, 5.74) is -0.699. The van der Waals surface area contributed by atoms with Crippen molar-refractivity contribution in [3.8, 4) is 5.75 Å². The molecule has 1 unspecified atom stereocenters. The third-order valence-corrected chi connectivity index (χ3v) is 5.26. The Morgan fingerprint density at radius 2 is 2.14 bits per heavy atom. The molecule has 120 valence electrons. The number of phenols is 1. The standard InChI is InChI=1S/C14H17NO6S/c1-14(5-6-22(19,20)9-14)15-12(17)8-21-13(18)10-3-2-4-11(16)7-10/h2-4,7,16H,5-6,8-9H2,1H3,(H,15,17). The molecule has 1 fully saturated rings. The summed E-state index contributed by atoms with van der Waals surface area (Å²) in [6.45, 7) is 1.14. The Kier molecular flexibility index (Phi) is 4.41. The van der Waals surface area contributed by atoms with Gasteiger partial charge in [-0.2, -0.15) is 0 Å². The number of nitrogens with one attached hydrogen (secondary N) is 1. The Morgan fingerprint density at radius 1 is 1.41 bits per heavy atom. The third kappa shape index (κ3) is 4.20. The lowest BCUT2D eigenvalue weighted by molar-refractivity contribution is -0.125. The van der Waals surface area contributed by atoms with Crippen molar-refractivity contribution < 1.29 is 27.9 Å². The first-order valence-electron chi connectivity index (χ1n) is 6.67. The molecule has 1 amide bonds. The maximum Gasteiger partial charge on any atom is 0.338 e. The molecule has 1 aromatic carbocycles. The molecule has 22 heavy (non-hydrogen) atoms. The van der Waals surface area contributed by atoms with Crippen LogP contribution in [-0.2, 0) is 19.4 Å². The molecule has 7 nitrogen and oxygen atoms in total. The van der Waals surface area contributed by atoms with Crippen molar-refractivity contribution in [2.45, 2.75) is 18.9 Å². The van der Waals surface area contributed by atoms with Gasteiger partial charge in [0.2, 0.25) is 0 Å². The third-order valence-electron chi connectivity index (χ3n) is 3.36. The monoisotopic (exact) mass is 327 g/mol. The quantitative estimate of drug-likeness (QED) is 0.767. The molecule has 0 radical (unpaired) electrons. The summed E-state index contributed by atoms with van der Waals surface area (Å²) in [7, 11) is -3.13. The highest BCUT2D eigenvalue weighted by Crippen LogP contribution is 2.22. The van der Waals surface area contributed by atoms with Crippen LogP contribution < -0.4 is 5.32 Å². The smallest absolute Gasteiger partial charge is 0.338 e. The van der Waals surface area contributed by atoms with Crippen LogP contribution in [0.5, 0.6) is 5.75 Å². The molecule has 0 bridgehead atoms. The van der Waals surface area contributed by atoms with Gasteiger partial charge in [-0.25, -0.2) is 13.2 Å². The lowest BCUT2D eigenvalue weighted by atomic mass is 10.0. The van der Waals surface area contributed by atoms with Gasteiger partial charge in [0.15, 0.2) is 16.4 Å².